The van der Waals surface area contributed by atoms with Gasteiger partial charge in [0, 0.05) is 0 Å². The quantitative estimate of drug-likeness (QED) is 0.216. The van der Waals surface area contributed by atoms with Crippen LogP contribution in [0.25, 0.3) is 0 Å². The summed E-state index contributed by atoms with van der Waals surface area (Å²) < 4.78 is 34.2. The van der Waals surface area contributed by atoms with Crippen LogP contribution in [0, 0.1) is 0 Å². The van der Waals surface area contributed by atoms with Gasteiger partial charge >= 0.3 is 78.6 Å². The summed E-state index contributed by atoms with van der Waals surface area (Å²) in [5, 5.41) is 0. The van der Waals surface area contributed by atoms with Crippen molar-refractivity contribution in [2.24, 2.45) is 0 Å². The van der Waals surface area contributed by atoms with Crippen LogP contribution in [-0.4, -0.2) is 5.48 Å². The zero-order valence-corrected chi connectivity index (χ0v) is 21.3. The number of hydrogen-bond acceptors (Lipinski definition) is 16. The minimum atomic E-state index is -5.39. The Morgan fingerprint density at radius 2 is 0.333 bits per heavy atom. The van der Waals surface area contributed by atoms with Gasteiger partial charge in [-0.1, -0.05) is 0 Å². The van der Waals surface area contributed by atoms with E-state index in [-0.39, 0.29) is 84.1 Å². The van der Waals surface area contributed by atoms with Crippen LogP contribution in [0.1, 0.15) is 0 Å². The van der Waals surface area contributed by atoms with Crippen molar-refractivity contribution in [3.05, 3.63) is 0 Å². The van der Waals surface area contributed by atoms with Crippen molar-refractivity contribution in [3.63, 3.8) is 0 Å². The third-order valence-electron chi connectivity index (χ3n) is 0. The molecular weight excluding hydrogens is 670 g/mol. The van der Waals surface area contributed by atoms with Crippen LogP contribution >= 0.6 is 31.3 Å². The van der Waals surface area contributed by atoms with E-state index in [4.69, 9.17) is 77.0 Å². The maximum Gasteiger partial charge on any atom is 4.00 e. The SMILES string of the molecule is O.O=P([O-])([O-])[O-].O=P([O-])([O-])[O-].O=P([O-])([O-])[O-].O=P([O-])([O-])[O-].[Zr+4].[Zr+4].[Zr+4]. The third-order valence-corrected chi connectivity index (χ3v) is 0. The van der Waals surface area contributed by atoms with E-state index in [0.717, 1.165) is 0 Å². The molecule has 136 valence electrons. The van der Waals surface area contributed by atoms with Crippen LogP contribution in [0.4, 0.5) is 0 Å². The Kier molecular flexibility index (Phi) is 47.1. The molecule has 0 radical (unpaired) electrons. The van der Waals surface area contributed by atoms with E-state index in [9.17, 15) is 0 Å². The molecule has 24 heteroatoms. The van der Waals surface area contributed by atoms with Gasteiger partial charge in [0.15, 0.2) is 0 Å². The number of rotatable bonds is 0. The molecule has 0 unspecified atom stereocenters. The van der Waals surface area contributed by atoms with E-state index in [1.165, 1.54) is 0 Å². The van der Waals surface area contributed by atoms with Crippen molar-refractivity contribution in [2.45, 2.75) is 0 Å². The minimum absolute atomic E-state index is 0. The van der Waals surface area contributed by atoms with Gasteiger partial charge in [0.1, 0.15) is 0 Å². The second kappa shape index (κ2) is 22.3. The van der Waals surface area contributed by atoms with Crippen molar-refractivity contribution in [1.82, 2.24) is 0 Å². The molecule has 0 aliphatic carbocycles. The van der Waals surface area contributed by atoms with Crippen molar-refractivity contribution >= 4 is 31.3 Å². The molecule has 0 heterocycles. The molecule has 0 aromatic rings. The van der Waals surface area contributed by atoms with Crippen LogP contribution < -0.4 is 58.7 Å². The molecule has 0 aromatic heterocycles. The minimum Gasteiger partial charge on any atom is -0.822 e. The van der Waals surface area contributed by atoms with E-state index < -0.39 is 31.3 Å². The average Bonchev–Trinajstić information content (AvgIpc) is 1.62. The zero-order valence-electron chi connectivity index (χ0n) is 10.3. The Bertz CT molecular complexity index is 292. The van der Waals surface area contributed by atoms with E-state index >= 15 is 0 Å². The monoisotopic (exact) mass is 668 g/mol. The molecule has 0 aliphatic rings. The molecule has 0 rings (SSSR count). The van der Waals surface area contributed by atoms with Gasteiger partial charge in [-0.25, -0.2) is 0 Å². The maximum atomic E-state index is 8.55. The fraction of sp³-hybridized carbons (Fsp3) is 0. The van der Waals surface area contributed by atoms with Crippen LogP contribution in [0.3, 0.4) is 0 Å². The predicted molar refractivity (Wildman–Crippen MR) is 34.0 cm³/mol. The molecule has 0 saturated heterocycles. The largest absolute Gasteiger partial charge is 4.00 e. The fourth-order valence-corrected chi connectivity index (χ4v) is 0. The van der Waals surface area contributed by atoms with Gasteiger partial charge in [0.2, 0.25) is 0 Å². The molecule has 0 bridgehead atoms. The molecule has 24 heavy (non-hydrogen) atoms. The first-order valence-corrected chi connectivity index (χ1v) is 8.76. The molecule has 0 fully saturated rings. The van der Waals surface area contributed by atoms with Crippen molar-refractivity contribution < 1.29 is 161 Å². The second-order valence-corrected chi connectivity index (χ2v) is 5.37. The summed E-state index contributed by atoms with van der Waals surface area (Å²) in [6, 6.07) is 0. The van der Waals surface area contributed by atoms with Crippen LogP contribution in [0.15, 0.2) is 0 Å². The molecule has 0 amide bonds. The first-order chi connectivity index (χ1) is 8.00. The Labute approximate surface area is 190 Å². The molecule has 0 spiro atoms. The van der Waals surface area contributed by atoms with Gasteiger partial charge in [0.05, 0.1) is 0 Å². The van der Waals surface area contributed by atoms with Gasteiger partial charge in [-0.2, -0.15) is 31.3 Å². The first-order valence-electron chi connectivity index (χ1n) is 2.92. The van der Waals surface area contributed by atoms with Gasteiger partial charge in [-0.3, -0.25) is 0 Å². The standard InChI is InChI=1S/4H3O4P.H2O.3Zr/c4*1-5(2,3)4;;;;/h4*(H3,1,2,3,4);1H2;;;/q;;;;;3*+4/p-12. The summed E-state index contributed by atoms with van der Waals surface area (Å²) in [6.07, 6.45) is 0. The average molecular weight is 672 g/mol. The molecule has 0 atom stereocenters. The number of hydrogen-bond donors (Lipinski definition) is 0. The van der Waals surface area contributed by atoms with Gasteiger partial charge in [0.25, 0.3) is 0 Å². The molecule has 0 aromatic carbocycles. The summed E-state index contributed by atoms with van der Waals surface area (Å²) in [5.41, 5.74) is 0. The van der Waals surface area contributed by atoms with E-state index in [2.05, 4.69) is 0 Å². The summed E-state index contributed by atoms with van der Waals surface area (Å²) in [5.74, 6) is 0. The van der Waals surface area contributed by atoms with Crippen molar-refractivity contribution in [2.75, 3.05) is 0 Å². The summed E-state index contributed by atoms with van der Waals surface area (Å²) in [7, 11) is -21.6. The molecule has 0 aliphatic heterocycles. The zero-order chi connectivity index (χ0) is 18.0. The second-order valence-electron chi connectivity index (χ2n) is 1.79. The third kappa shape index (κ3) is 1560. The summed E-state index contributed by atoms with van der Waals surface area (Å²) in [4.78, 5) is 103. The van der Waals surface area contributed by atoms with Crippen molar-refractivity contribution in [1.29, 1.82) is 0 Å². The predicted octanol–water partition coefficient (Wildman–Crippen LogP) is -12.1. The molecule has 0 saturated carbocycles. The number of phosphoric acid groups is 4. The summed E-state index contributed by atoms with van der Waals surface area (Å²) >= 11 is 0. The van der Waals surface area contributed by atoms with Gasteiger partial charge in [-0.05, 0) is 0 Å². The van der Waals surface area contributed by atoms with Crippen LogP contribution in [0.5, 0.6) is 0 Å². The smallest absolute Gasteiger partial charge is 0.822 e. The van der Waals surface area contributed by atoms with Crippen LogP contribution in [-0.2, 0) is 96.9 Å². The Hall–Kier alpha value is 3.05. The molecule has 2 N–H and O–H groups in total. The Morgan fingerprint density at radius 3 is 0.333 bits per heavy atom. The van der Waals surface area contributed by atoms with E-state index in [1.54, 1.807) is 0 Å². The van der Waals surface area contributed by atoms with Crippen molar-refractivity contribution in [3.8, 4) is 0 Å². The normalized spacial score (nSPS) is 9.83. The molecule has 17 nitrogen and oxygen atoms in total. The first kappa shape index (κ1) is 50.6. The Morgan fingerprint density at radius 1 is 0.333 bits per heavy atom. The van der Waals surface area contributed by atoms with E-state index in [1.807, 2.05) is 0 Å². The van der Waals surface area contributed by atoms with Crippen LogP contribution in [0.2, 0.25) is 0 Å². The van der Waals surface area contributed by atoms with E-state index in [0.29, 0.717) is 0 Å². The van der Waals surface area contributed by atoms with Gasteiger partial charge < -0.3 is 82.5 Å². The van der Waals surface area contributed by atoms with Gasteiger partial charge in [-0.15, -0.1) is 0 Å². The maximum absolute atomic E-state index is 8.55. The topological polar surface area (TPSA) is 376 Å². The summed E-state index contributed by atoms with van der Waals surface area (Å²) in [6.45, 7) is 0. The Balaban J connectivity index is -0.0000000225. The fourth-order valence-electron chi connectivity index (χ4n) is 0. The molecular formula is H2O17P4Zr3.